The predicted molar refractivity (Wildman–Crippen MR) is 80.8 cm³/mol. The minimum Gasteiger partial charge on any atom is -0.389 e. The third-order valence-corrected chi connectivity index (χ3v) is 6.03. The fourth-order valence-electron chi connectivity index (χ4n) is 4.15. The molecule has 2 aromatic rings. The number of rotatable bonds is 2. The molecule has 104 valence electrons. The lowest BCUT2D eigenvalue weighted by Gasteiger charge is -2.33. The molecule has 4 rings (SSSR count). The van der Waals surface area contributed by atoms with Crippen LogP contribution in [0, 0.1) is 11.8 Å². The highest BCUT2D eigenvalue weighted by molar-refractivity contribution is 7.09. The van der Waals surface area contributed by atoms with Crippen molar-refractivity contribution in [3.63, 3.8) is 0 Å². The van der Waals surface area contributed by atoms with E-state index in [0.29, 0.717) is 11.8 Å². The molecule has 0 aliphatic heterocycles. The van der Waals surface area contributed by atoms with Gasteiger partial charge in [-0.25, -0.2) is 4.98 Å². The first-order chi connectivity index (χ1) is 9.75. The van der Waals surface area contributed by atoms with Gasteiger partial charge in [-0.3, -0.25) is 0 Å². The van der Waals surface area contributed by atoms with E-state index in [2.05, 4.69) is 29.2 Å². The van der Waals surface area contributed by atoms with E-state index in [1.54, 1.807) is 11.3 Å². The summed E-state index contributed by atoms with van der Waals surface area (Å²) in [5, 5.41) is 14.4. The maximum atomic E-state index is 11.4. The van der Waals surface area contributed by atoms with Gasteiger partial charge in [-0.2, -0.15) is 0 Å². The molecule has 1 aromatic carbocycles. The number of benzene rings is 1. The third-order valence-electron chi connectivity index (χ3n) is 5.25. The topological polar surface area (TPSA) is 33.1 Å². The molecular weight excluding hydrogens is 266 g/mol. The molecule has 1 fully saturated rings. The van der Waals surface area contributed by atoms with Gasteiger partial charge in [-0.15, -0.1) is 11.3 Å². The zero-order valence-corrected chi connectivity index (χ0v) is 12.3. The number of hydrogen-bond donors (Lipinski definition) is 1. The standard InChI is InChI=1S/C17H19NOS/c19-17(11-16-18-7-8-20-16)14-5-6-15(17)10-13-4-2-1-3-12(13)9-14/h1-4,7-8,14-15,19H,5-6,9-11H2. The highest BCUT2D eigenvalue weighted by Crippen LogP contribution is 2.48. The summed E-state index contributed by atoms with van der Waals surface area (Å²) in [5.41, 5.74) is 2.33. The second kappa shape index (κ2) is 4.68. The van der Waals surface area contributed by atoms with Crippen LogP contribution in [0.3, 0.4) is 0 Å². The second-order valence-electron chi connectivity index (χ2n) is 6.24. The van der Waals surface area contributed by atoms with Gasteiger partial charge in [0, 0.05) is 18.0 Å². The van der Waals surface area contributed by atoms with Crippen LogP contribution >= 0.6 is 11.3 Å². The molecular formula is C17H19NOS. The molecule has 20 heavy (non-hydrogen) atoms. The highest BCUT2D eigenvalue weighted by atomic mass is 32.1. The minimum absolute atomic E-state index is 0.389. The number of aliphatic hydroxyl groups is 1. The number of thiazole rings is 1. The van der Waals surface area contributed by atoms with Gasteiger partial charge in [0.05, 0.1) is 10.6 Å². The van der Waals surface area contributed by atoms with Crippen LogP contribution in [0.1, 0.15) is 29.0 Å². The SMILES string of the molecule is OC1(Cc2nccs2)C2CCC1Cc1ccccc1C2. The Morgan fingerprint density at radius 2 is 1.80 bits per heavy atom. The van der Waals surface area contributed by atoms with Gasteiger partial charge in [0.1, 0.15) is 0 Å². The summed E-state index contributed by atoms with van der Waals surface area (Å²) in [6, 6.07) is 8.72. The molecule has 2 bridgehead atoms. The smallest absolute Gasteiger partial charge is 0.0953 e. The van der Waals surface area contributed by atoms with E-state index in [-0.39, 0.29) is 0 Å². The molecule has 1 aromatic heterocycles. The zero-order valence-electron chi connectivity index (χ0n) is 11.5. The first-order valence-electron chi connectivity index (χ1n) is 7.43. The van der Waals surface area contributed by atoms with Crippen LogP contribution in [0.4, 0.5) is 0 Å². The predicted octanol–water partition coefficient (Wildman–Crippen LogP) is 3.24. The van der Waals surface area contributed by atoms with Gasteiger partial charge in [-0.1, -0.05) is 24.3 Å². The van der Waals surface area contributed by atoms with Crippen molar-refractivity contribution in [3.05, 3.63) is 52.0 Å². The largest absolute Gasteiger partial charge is 0.389 e. The lowest BCUT2D eigenvalue weighted by atomic mass is 9.80. The first-order valence-corrected chi connectivity index (χ1v) is 8.31. The van der Waals surface area contributed by atoms with Crippen molar-refractivity contribution < 1.29 is 5.11 Å². The average molecular weight is 285 g/mol. The van der Waals surface area contributed by atoms with E-state index in [9.17, 15) is 5.11 Å². The molecule has 0 saturated heterocycles. The maximum absolute atomic E-state index is 11.4. The quantitative estimate of drug-likeness (QED) is 0.919. The van der Waals surface area contributed by atoms with Gasteiger partial charge in [0.15, 0.2) is 0 Å². The molecule has 2 nitrogen and oxygen atoms in total. The zero-order chi connectivity index (χ0) is 13.6. The summed E-state index contributed by atoms with van der Waals surface area (Å²) < 4.78 is 0. The van der Waals surface area contributed by atoms with Gasteiger partial charge in [0.2, 0.25) is 0 Å². The Labute approximate surface area is 123 Å². The molecule has 0 amide bonds. The second-order valence-corrected chi connectivity index (χ2v) is 7.22. The highest BCUT2D eigenvalue weighted by Gasteiger charge is 2.50. The number of hydrogen-bond acceptors (Lipinski definition) is 3. The summed E-state index contributed by atoms with van der Waals surface area (Å²) in [7, 11) is 0. The van der Waals surface area contributed by atoms with Crippen molar-refractivity contribution in [1.29, 1.82) is 0 Å². The Kier molecular flexibility index (Phi) is 2.93. The summed E-state index contributed by atoms with van der Waals surface area (Å²) >= 11 is 1.67. The Hall–Kier alpha value is -1.19. The molecule has 2 aliphatic carbocycles. The fraction of sp³-hybridized carbons (Fsp3) is 0.471. The van der Waals surface area contributed by atoms with E-state index in [4.69, 9.17) is 0 Å². The van der Waals surface area contributed by atoms with Crippen LogP contribution in [0.2, 0.25) is 0 Å². The maximum Gasteiger partial charge on any atom is 0.0953 e. The van der Waals surface area contributed by atoms with E-state index in [1.807, 2.05) is 11.6 Å². The van der Waals surface area contributed by atoms with Gasteiger partial charge in [-0.05, 0) is 48.6 Å². The molecule has 2 aliphatic rings. The first kappa shape index (κ1) is 12.5. The van der Waals surface area contributed by atoms with Crippen molar-refractivity contribution in [3.8, 4) is 0 Å². The van der Waals surface area contributed by atoms with Crippen molar-refractivity contribution in [1.82, 2.24) is 4.98 Å². The van der Waals surface area contributed by atoms with Crippen molar-refractivity contribution in [2.24, 2.45) is 11.8 Å². The molecule has 3 heteroatoms. The van der Waals surface area contributed by atoms with Crippen LogP contribution in [-0.4, -0.2) is 15.7 Å². The fourth-order valence-corrected chi connectivity index (χ4v) is 4.87. The van der Waals surface area contributed by atoms with Crippen molar-refractivity contribution >= 4 is 11.3 Å². The van der Waals surface area contributed by atoms with E-state index >= 15 is 0 Å². The van der Waals surface area contributed by atoms with Gasteiger partial charge >= 0.3 is 0 Å². The Morgan fingerprint density at radius 1 is 1.15 bits per heavy atom. The van der Waals surface area contributed by atoms with E-state index in [0.717, 1.165) is 37.1 Å². The molecule has 1 N–H and O–H groups in total. The Morgan fingerprint density at radius 3 is 2.35 bits per heavy atom. The number of nitrogens with zero attached hydrogens (tertiary/aromatic N) is 1. The molecule has 0 spiro atoms. The summed E-state index contributed by atoms with van der Waals surface area (Å²) in [6.07, 6.45) is 6.93. The summed E-state index contributed by atoms with van der Waals surface area (Å²) in [5.74, 6) is 0.778. The third kappa shape index (κ3) is 1.92. The van der Waals surface area contributed by atoms with Crippen LogP contribution in [-0.2, 0) is 19.3 Å². The minimum atomic E-state index is -0.559. The van der Waals surface area contributed by atoms with Crippen LogP contribution in [0.15, 0.2) is 35.8 Å². The lowest BCUT2D eigenvalue weighted by molar-refractivity contribution is -0.0330. The Balaban J connectivity index is 1.69. The number of fused-ring (bicyclic) bond motifs is 3. The summed E-state index contributed by atoms with van der Waals surface area (Å²) in [4.78, 5) is 4.39. The Bertz CT molecular complexity index is 574. The van der Waals surface area contributed by atoms with Crippen molar-refractivity contribution in [2.45, 2.75) is 37.7 Å². The van der Waals surface area contributed by atoms with Gasteiger partial charge in [0.25, 0.3) is 0 Å². The van der Waals surface area contributed by atoms with Crippen LogP contribution in [0.25, 0.3) is 0 Å². The molecule has 1 heterocycles. The summed E-state index contributed by atoms with van der Waals surface area (Å²) in [6.45, 7) is 0. The number of aromatic nitrogens is 1. The molecule has 0 radical (unpaired) electrons. The molecule has 2 atom stereocenters. The van der Waals surface area contributed by atoms with Crippen LogP contribution < -0.4 is 0 Å². The van der Waals surface area contributed by atoms with Gasteiger partial charge < -0.3 is 5.11 Å². The van der Waals surface area contributed by atoms with E-state index in [1.165, 1.54) is 11.1 Å². The molecule has 1 saturated carbocycles. The van der Waals surface area contributed by atoms with Crippen molar-refractivity contribution in [2.75, 3.05) is 0 Å². The van der Waals surface area contributed by atoms with Crippen LogP contribution in [0.5, 0.6) is 0 Å². The lowest BCUT2D eigenvalue weighted by Crippen LogP contribution is -2.42. The monoisotopic (exact) mass is 285 g/mol. The molecule has 2 unspecified atom stereocenters. The average Bonchev–Trinajstić information content (AvgIpc) is 2.98. The normalized spacial score (nSPS) is 31.9. The van der Waals surface area contributed by atoms with E-state index < -0.39 is 5.60 Å².